The Morgan fingerprint density at radius 1 is 0.768 bits per heavy atom. The standard InChI is InChI=1S/C50H68N10O9/c61-46(14-10-39-7-4-18-51-36-39)53-19-2-1-6-38-16-22-59(23-17-38)50(65)43-11-13-45(56-55-43)58-26-24-57(25-27-58)21-5-28-66-30-32-68-34-35-69-33-31-67-29-20-52-42-9-3-8-40-41(42)37-60(49(40)64)44-12-15-47(62)54-48(44)63/h3-4,7-11,13-14,18,36,38,44,52H,1-2,5-6,12,15-17,19-35,37H2,(H,53,61)(H,54,62,63)/b14-10+. The zero-order chi connectivity index (χ0) is 48.0. The number of nitrogens with one attached hydrogen (secondary N) is 3. The number of pyridine rings is 1. The number of imide groups is 1. The minimum atomic E-state index is -0.642. The number of hydrogen-bond donors (Lipinski definition) is 3. The smallest absolute Gasteiger partial charge is 0.274 e. The van der Waals surface area contributed by atoms with Crippen LogP contribution in [-0.4, -0.2) is 177 Å². The summed E-state index contributed by atoms with van der Waals surface area (Å²) in [4.78, 5) is 74.4. The molecule has 3 saturated heterocycles. The third-order valence-corrected chi connectivity index (χ3v) is 12.9. The van der Waals surface area contributed by atoms with Crippen LogP contribution in [0.25, 0.3) is 6.08 Å². The average molecular weight is 953 g/mol. The van der Waals surface area contributed by atoms with Crippen LogP contribution in [0.1, 0.15) is 83.3 Å². The molecule has 19 nitrogen and oxygen atoms in total. The molecule has 372 valence electrons. The van der Waals surface area contributed by atoms with Gasteiger partial charge in [-0.3, -0.25) is 39.2 Å². The van der Waals surface area contributed by atoms with Crippen molar-refractivity contribution in [2.75, 3.05) is 122 Å². The highest BCUT2D eigenvalue weighted by Gasteiger charge is 2.40. The Balaban J connectivity index is 0.637. The molecule has 0 saturated carbocycles. The van der Waals surface area contributed by atoms with E-state index in [1.54, 1.807) is 35.5 Å². The number of unbranched alkanes of at least 4 members (excludes halogenated alkanes) is 1. The van der Waals surface area contributed by atoms with E-state index in [0.29, 0.717) is 96.1 Å². The first kappa shape index (κ1) is 51.0. The molecule has 7 rings (SSSR count). The van der Waals surface area contributed by atoms with Crippen LogP contribution < -0.4 is 20.9 Å². The monoisotopic (exact) mass is 953 g/mol. The van der Waals surface area contributed by atoms with Crippen molar-refractivity contribution in [2.24, 2.45) is 5.92 Å². The lowest BCUT2D eigenvalue weighted by molar-refractivity contribution is -0.137. The van der Waals surface area contributed by atoms with E-state index in [0.717, 1.165) is 107 Å². The topological polar surface area (TPSA) is 210 Å². The normalized spacial score (nSPS) is 17.9. The summed E-state index contributed by atoms with van der Waals surface area (Å²) in [5.41, 5.74) is 3.54. The number of piperazine rings is 1. The number of rotatable bonds is 27. The van der Waals surface area contributed by atoms with Crippen molar-refractivity contribution in [3.63, 3.8) is 0 Å². The van der Waals surface area contributed by atoms with Crippen LogP contribution in [0, 0.1) is 5.92 Å². The molecule has 5 amide bonds. The van der Waals surface area contributed by atoms with Gasteiger partial charge in [0.25, 0.3) is 11.8 Å². The van der Waals surface area contributed by atoms with Gasteiger partial charge in [-0.05, 0) is 80.0 Å². The first-order valence-corrected chi connectivity index (χ1v) is 24.6. The summed E-state index contributed by atoms with van der Waals surface area (Å²) < 4.78 is 22.8. The Morgan fingerprint density at radius 2 is 1.52 bits per heavy atom. The number of carbonyl (C=O) groups is 5. The van der Waals surface area contributed by atoms with Crippen LogP contribution >= 0.6 is 0 Å². The molecule has 1 aromatic carbocycles. The number of aromatic nitrogens is 3. The summed E-state index contributed by atoms with van der Waals surface area (Å²) in [6, 6.07) is 12.3. The quantitative estimate of drug-likeness (QED) is 0.0570. The maximum Gasteiger partial charge on any atom is 0.274 e. The molecule has 3 aromatic rings. The highest BCUT2D eigenvalue weighted by molar-refractivity contribution is 6.06. The van der Waals surface area contributed by atoms with E-state index in [1.165, 1.54) is 0 Å². The molecular formula is C50H68N10O9. The van der Waals surface area contributed by atoms with Crippen LogP contribution in [-0.2, 0) is 39.9 Å². The summed E-state index contributed by atoms with van der Waals surface area (Å²) in [5.74, 6) is 0.315. The average Bonchev–Trinajstić information content (AvgIpc) is 3.71. The minimum absolute atomic E-state index is 0.0543. The maximum absolute atomic E-state index is 13.2. The fourth-order valence-electron chi connectivity index (χ4n) is 9.03. The second kappa shape index (κ2) is 27.4. The summed E-state index contributed by atoms with van der Waals surface area (Å²) in [6.07, 6.45) is 13.2. The lowest BCUT2D eigenvalue weighted by Gasteiger charge is -2.35. The Bertz CT molecular complexity index is 2150. The first-order chi connectivity index (χ1) is 33.8. The Labute approximate surface area is 404 Å². The van der Waals surface area contributed by atoms with Gasteiger partial charge in [-0.2, -0.15) is 0 Å². The van der Waals surface area contributed by atoms with E-state index >= 15 is 0 Å². The molecule has 6 heterocycles. The second-order valence-electron chi connectivity index (χ2n) is 17.7. The number of benzene rings is 1. The molecule has 3 fully saturated rings. The molecule has 1 atom stereocenters. The number of ether oxygens (including phenoxy) is 4. The molecule has 2 aromatic heterocycles. The van der Waals surface area contributed by atoms with E-state index in [4.69, 9.17) is 18.9 Å². The minimum Gasteiger partial charge on any atom is -0.382 e. The van der Waals surface area contributed by atoms with Crippen LogP contribution in [0.4, 0.5) is 11.5 Å². The van der Waals surface area contributed by atoms with Gasteiger partial charge in [-0.25, -0.2) is 0 Å². The molecular weight excluding hydrogens is 885 g/mol. The van der Waals surface area contributed by atoms with Gasteiger partial charge < -0.3 is 44.3 Å². The van der Waals surface area contributed by atoms with Gasteiger partial charge in [0, 0.05) is 114 Å². The number of fused-ring (bicyclic) bond motifs is 1. The SMILES string of the molecule is O=C(/C=C/c1cccnc1)NCCCCC1CCN(C(=O)c2ccc(N3CCN(CCCOCCOCCOCCOCCNc4cccc5c4CN(C4CCC(=O)NC4=O)C5=O)CC3)nn2)CC1. The van der Waals surface area contributed by atoms with Gasteiger partial charge in [-0.15, -0.1) is 10.2 Å². The molecule has 4 aliphatic heterocycles. The summed E-state index contributed by atoms with van der Waals surface area (Å²) in [7, 11) is 0. The zero-order valence-corrected chi connectivity index (χ0v) is 39.7. The van der Waals surface area contributed by atoms with Crippen LogP contribution in [0.15, 0.2) is 60.9 Å². The number of carbonyl (C=O) groups excluding carboxylic acids is 5. The van der Waals surface area contributed by atoms with Crippen molar-refractivity contribution in [2.45, 2.75) is 64.0 Å². The molecule has 1 unspecified atom stereocenters. The predicted molar refractivity (Wildman–Crippen MR) is 258 cm³/mol. The van der Waals surface area contributed by atoms with E-state index < -0.39 is 11.9 Å². The molecule has 0 radical (unpaired) electrons. The number of hydrogen-bond acceptors (Lipinski definition) is 15. The number of nitrogens with zero attached hydrogens (tertiary/aromatic N) is 7. The largest absolute Gasteiger partial charge is 0.382 e. The van der Waals surface area contributed by atoms with E-state index in [1.807, 2.05) is 41.3 Å². The van der Waals surface area contributed by atoms with E-state index in [9.17, 15) is 24.0 Å². The maximum atomic E-state index is 13.2. The van der Waals surface area contributed by atoms with Gasteiger partial charge in [0.1, 0.15) is 6.04 Å². The predicted octanol–water partition coefficient (Wildman–Crippen LogP) is 3.18. The van der Waals surface area contributed by atoms with Crippen LogP contribution in [0.3, 0.4) is 0 Å². The third kappa shape index (κ3) is 15.8. The molecule has 0 aliphatic carbocycles. The highest BCUT2D eigenvalue weighted by atomic mass is 16.6. The number of amides is 5. The van der Waals surface area contributed by atoms with Gasteiger partial charge in [0.05, 0.1) is 46.2 Å². The number of likely N-dealkylation sites (tertiary alicyclic amines) is 1. The van der Waals surface area contributed by atoms with E-state index in [2.05, 4.69) is 40.9 Å². The third-order valence-electron chi connectivity index (χ3n) is 12.9. The Kier molecular flexibility index (Phi) is 20.2. The second-order valence-corrected chi connectivity index (χ2v) is 17.7. The molecule has 69 heavy (non-hydrogen) atoms. The lowest BCUT2D eigenvalue weighted by Crippen LogP contribution is -2.52. The Morgan fingerprint density at radius 3 is 2.23 bits per heavy atom. The van der Waals surface area contributed by atoms with Crippen molar-refractivity contribution >= 4 is 47.1 Å². The van der Waals surface area contributed by atoms with Gasteiger partial charge in [-0.1, -0.05) is 25.0 Å². The van der Waals surface area contributed by atoms with Crippen molar-refractivity contribution < 1.29 is 42.9 Å². The zero-order valence-electron chi connectivity index (χ0n) is 39.7. The van der Waals surface area contributed by atoms with Gasteiger partial charge in [0.15, 0.2) is 11.5 Å². The summed E-state index contributed by atoms with van der Waals surface area (Å²) in [5, 5.41) is 17.4. The van der Waals surface area contributed by atoms with Crippen molar-refractivity contribution in [1.82, 2.24) is 40.5 Å². The van der Waals surface area contributed by atoms with Gasteiger partial charge in [0.2, 0.25) is 17.7 Å². The summed E-state index contributed by atoms with van der Waals surface area (Å²) in [6.45, 7) is 11.5. The molecule has 0 bridgehead atoms. The van der Waals surface area contributed by atoms with E-state index in [-0.39, 0.29) is 30.0 Å². The number of anilines is 2. The Hall–Kier alpha value is -5.86. The van der Waals surface area contributed by atoms with Crippen molar-refractivity contribution in [3.8, 4) is 0 Å². The van der Waals surface area contributed by atoms with Crippen molar-refractivity contribution in [1.29, 1.82) is 0 Å². The first-order valence-electron chi connectivity index (χ1n) is 24.6. The van der Waals surface area contributed by atoms with Crippen LogP contribution in [0.2, 0.25) is 0 Å². The van der Waals surface area contributed by atoms with Crippen LogP contribution in [0.5, 0.6) is 0 Å². The molecule has 3 N–H and O–H groups in total. The molecule has 19 heteroatoms. The number of piperidine rings is 2. The highest BCUT2D eigenvalue weighted by Crippen LogP contribution is 2.32. The molecule has 0 spiro atoms. The summed E-state index contributed by atoms with van der Waals surface area (Å²) >= 11 is 0. The molecule has 4 aliphatic rings. The van der Waals surface area contributed by atoms with Crippen molar-refractivity contribution in [3.05, 3.63) is 83.3 Å². The lowest BCUT2D eigenvalue weighted by atomic mass is 9.91. The fourth-order valence-corrected chi connectivity index (χ4v) is 9.03. The fraction of sp³-hybridized carbons (Fsp3) is 0.560. The van der Waals surface area contributed by atoms with Gasteiger partial charge >= 0.3 is 0 Å².